The third-order valence-corrected chi connectivity index (χ3v) is 7.92. The van der Waals surface area contributed by atoms with Gasteiger partial charge in [-0.3, -0.25) is 14.4 Å². The van der Waals surface area contributed by atoms with Gasteiger partial charge in [0.15, 0.2) is 0 Å². The molecule has 4 unspecified atom stereocenters. The Balaban J connectivity index is 1.40. The molecule has 1 aromatic heterocycles. The highest BCUT2D eigenvalue weighted by Crippen LogP contribution is 2.50. The number of para-hydroxylation sites is 2. The van der Waals surface area contributed by atoms with Crippen LogP contribution in [0, 0.1) is 11.8 Å². The Morgan fingerprint density at radius 1 is 0.865 bits per heavy atom. The van der Waals surface area contributed by atoms with E-state index in [1.807, 2.05) is 47.4 Å². The summed E-state index contributed by atoms with van der Waals surface area (Å²) in [6.45, 7) is 0. The minimum Gasteiger partial charge on any atom is -0.351 e. The summed E-state index contributed by atoms with van der Waals surface area (Å²) >= 11 is 12.5. The summed E-state index contributed by atoms with van der Waals surface area (Å²) < 4.78 is 1.23. The van der Waals surface area contributed by atoms with E-state index in [9.17, 15) is 14.4 Å². The molecule has 2 amide bonds. The first-order valence-corrected chi connectivity index (χ1v) is 12.4. The second-order valence-electron chi connectivity index (χ2n) is 9.25. The minimum absolute atomic E-state index is 0.181. The molecule has 8 nitrogen and oxygen atoms in total. The van der Waals surface area contributed by atoms with Crippen molar-refractivity contribution in [2.45, 2.75) is 12.1 Å². The number of carbonyl (C=O) groups excluding carboxylic acids is 3. The van der Waals surface area contributed by atoms with Crippen LogP contribution in [0.3, 0.4) is 0 Å². The number of fused-ring (bicyclic) bond motifs is 6. The highest BCUT2D eigenvalue weighted by atomic mass is 35.5. The van der Waals surface area contributed by atoms with Crippen molar-refractivity contribution >= 4 is 69.4 Å². The number of imide groups is 1. The molecule has 0 aliphatic carbocycles. The van der Waals surface area contributed by atoms with Crippen molar-refractivity contribution in [3.8, 4) is 0 Å². The topological polar surface area (TPSA) is 88.4 Å². The summed E-state index contributed by atoms with van der Waals surface area (Å²) in [4.78, 5) is 45.1. The van der Waals surface area contributed by atoms with E-state index in [1.54, 1.807) is 30.3 Å². The second-order valence-corrected chi connectivity index (χ2v) is 10.1. The number of hydrogen-bond acceptors (Lipinski definition) is 6. The lowest BCUT2D eigenvalue weighted by molar-refractivity contribution is -0.122. The maximum atomic E-state index is 14.2. The van der Waals surface area contributed by atoms with E-state index in [1.165, 1.54) is 10.7 Å². The van der Waals surface area contributed by atoms with Crippen LogP contribution in [0.5, 0.6) is 0 Å². The molecule has 0 saturated carbocycles. The summed E-state index contributed by atoms with van der Waals surface area (Å²) in [5.41, 5.74) is 3.02. The molecule has 2 fully saturated rings. The number of halogens is 2. The average molecular weight is 530 g/mol. The Bertz CT molecular complexity index is 1680. The number of amides is 2. The van der Waals surface area contributed by atoms with Crippen molar-refractivity contribution < 1.29 is 14.4 Å². The molecule has 182 valence electrons. The largest absolute Gasteiger partial charge is 0.351 e. The van der Waals surface area contributed by atoms with Crippen LogP contribution in [0.2, 0.25) is 10.0 Å². The van der Waals surface area contributed by atoms with Crippen molar-refractivity contribution in [3.05, 3.63) is 88.4 Å². The van der Waals surface area contributed by atoms with Gasteiger partial charge in [0.1, 0.15) is 11.6 Å². The second kappa shape index (κ2) is 7.99. The van der Waals surface area contributed by atoms with Gasteiger partial charge < -0.3 is 4.90 Å². The van der Waals surface area contributed by atoms with Gasteiger partial charge in [-0.1, -0.05) is 70.9 Å². The van der Waals surface area contributed by atoms with Crippen LogP contribution in [-0.4, -0.2) is 44.8 Å². The molecule has 3 aromatic carbocycles. The van der Waals surface area contributed by atoms with E-state index in [-0.39, 0.29) is 10.7 Å². The summed E-state index contributed by atoms with van der Waals surface area (Å²) in [7, 11) is 0. The number of nitrogens with zero attached hydrogens (tertiary/aromatic N) is 5. The minimum atomic E-state index is -0.987. The van der Waals surface area contributed by atoms with Gasteiger partial charge in [-0.15, -0.1) is 5.10 Å². The molecular formula is C27H17Cl2N5O3. The highest BCUT2D eigenvalue weighted by Gasteiger charge is 2.65. The molecule has 0 bridgehead atoms. The molecule has 0 N–H and O–H groups in total. The molecule has 37 heavy (non-hydrogen) atoms. The summed E-state index contributed by atoms with van der Waals surface area (Å²) in [6, 6.07) is 17.9. The smallest absolute Gasteiger partial charge is 0.272 e. The van der Waals surface area contributed by atoms with E-state index in [0.29, 0.717) is 16.1 Å². The molecule has 4 aromatic rings. The maximum absolute atomic E-state index is 14.2. The maximum Gasteiger partial charge on any atom is 0.272 e. The third-order valence-electron chi connectivity index (χ3n) is 7.38. The van der Waals surface area contributed by atoms with Crippen molar-refractivity contribution in [2.24, 2.45) is 11.8 Å². The van der Waals surface area contributed by atoms with E-state index in [4.69, 9.17) is 23.2 Å². The summed E-state index contributed by atoms with van der Waals surface area (Å²) in [5, 5.41) is 8.82. The van der Waals surface area contributed by atoms with Crippen LogP contribution in [-0.2, 0) is 9.59 Å². The summed E-state index contributed by atoms with van der Waals surface area (Å²) in [6.07, 6.45) is 3.83. The van der Waals surface area contributed by atoms with E-state index in [2.05, 4.69) is 10.3 Å². The molecule has 0 radical (unpaired) electrons. The Hall–Kier alpha value is -4.01. The van der Waals surface area contributed by atoms with Gasteiger partial charge in [0.05, 0.1) is 34.1 Å². The predicted molar refractivity (Wildman–Crippen MR) is 140 cm³/mol. The average Bonchev–Trinajstić information content (AvgIpc) is 3.55. The van der Waals surface area contributed by atoms with Gasteiger partial charge in [0.2, 0.25) is 11.8 Å². The third kappa shape index (κ3) is 3.06. The molecule has 4 atom stereocenters. The monoisotopic (exact) mass is 529 g/mol. The lowest BCUT2D eigenvalue weighted by Gasteiger charge is -2.36. The zero-order valence-electron chi connectivity index (χ0n) is 19.0. The number of rotatable bonds is 2. The number of aromatic nitrogens is 3. The predicted octanol–water partition coefficient (Wildman–Crippen LogP) is 4.47. The quantitative estimate of drug-likeness (QED) is 0.356. The van der Waals surface area contributed by atoms with E-state index in [0.717, 1.165) is 16.2 Å². The van der Waals surface area contributed by atoms with Gasteiger partial charge in [-0.05, 0) is 42.0 Å². The number of benzene rings is 3. The first kappa shape index (κ1) is 22.2. The van der Waals surface area contributed by atoms with E-state index >= 15 is 0 Å². The SMILES string of the molecule is O=C1C2C(C(=O)N1c1ccc(Cl)cc1Cl)C(C(=O)n1nnc3ccccc31)N1c3ccccc3C=CC21. The van der Waals surface area contributed by atoms with Crippen LogP contribution in [0.25, 0.3) is 17.1 Å². The van der Waals surface area contributed by atoms with Crippen LogP contribution >= 0.6 is 23.2 Å². The van der Waals surface area contributed by atoms with Gasteiger partial charge in [-0.2, -0.15) is 4.68 Å². The Kier molecular flexibility index (Phi) is 4.80. The fraction of sp³-hybridized carbons (Fsp3) is 0.148. The zero-order chi connectivity index (χ0) is 25.4. The molecule has 2 saturated heterocycles. The first-order valence-electron chi connectivity index (χ1n) is 11.7. The normalized spacial score (nSPS) is 23.9. The number of anilines is 2. The van der Waals surface area contributed by atoms with Crippen molar-refractivity contribution in [1.29, 1.82) is 0 Å². The Labute approximate surface area is 220 Å². The molecule has 3 aliphatic heterocycles. The van der Waals surface area contributed by atoms with Crippen molar-refractivity contribution in [1.82, 2.24) is 15.0 Å². The zero-order valence-corrected chi connectivity index (χ0v) is 20.5. The molecule has 10 heteroatoms. The Morgan fingerprint density at radius 2 is 1.62 bits per heavy atom. The van der Waals surface area contributed by atoms with Crippen LogP contribution in [0.1, 0.15) is 10.4 Å². The highest BCUT2D eigenvalue weighted by molar-refractivity contribution is 6.38. The fourth-order valence-corrected chi connectivity index (χ4v) is 6.35. The van der Waals surface area contributed by atoms with Crippen LogP contribution < -0.4 is 9.80 Å². The van der Waals surface area contributed by atoms with Gasteiger partial charge in [0, 0.05) is 10.7 Å². The molecule has 0 spiro atoms. The van der Waals surface area contributed by atoms with Crippen molar-refractivity contribution in [3.63, 3.8) is 0 Å². The van der Waals surface area contributed by atoms with Crippen molar-refractivity contribution in [2.75, 3.05) is 9.80 Å². The summed E-state index contributed by atoms with van der Waals surface area (Å²) in [5.74, 6) is -3.05. The first-order chi connectivity index (χ1) is 18.0. The lowest BCUT2D eigenvalue weighted by atomic mass is 9.88. The Morgan fingerprint density at radius 3 is 2.46 bits per heavy atom. The van der Waals surface area contributed by atoms with Crippen LogP contribution in [0.15, 0.2) is 72.8 Å². The molecule has 4 heterocycles. The number of carbonyl (C=O) groups is 3. The molecular weight excluding hydrogens is 513 g/mol. The lowest BCUT2D eigenvalue weighted by Crippen LogP contribution is -2.50. The van der Waals surface area contributed by atoms with Gasteiger partial charge in [-0.25, -0.2) is 4.90 Å². The molecule has 7 rings (SSSR count). The van der Waals surface area contributed by atoms with E-state index < -0.39 is 41.6 Å². The van der Waals surface area contributed by atoms with Gasteiger partial charge in [0.25, 0.3) is 5.91 Å². The van der Waals surface area contributed by atoms with Crippen LogP contribution in [0.4, 0.5) is 11.4 Å². The molecule has 3 aliphatic rings. The fourth-order valence-electron chi connectivity index (χ4n) is 5.85. The number of hydrogen-bond donors (Lipinski definition) is 0. The standard InChI is InChI=1S/C27H17Cl2N5O3/c28-15-10-12-19(16(29)13-15)33-25(35)22-21-11-9-14-5-1-3-7-18(14)32(21)24(23(22)26(33)36)27(37)34-20-8-4-2-6-17(20)30-31-34/h1-13,21-24H. The van der Waals surface area contributed by atoms with Gasteiger partial charge >= 0.3 is 0 Å².